The van der Waals surface area contributed by atoms with Gasteiger partial charge in [0.25, 0.3) is 0 Å². The molecule has 0 amide bonds. The van der Waals surface area contributed by atoms with Crippen LogP contribution < -0.4 is 5.32 Å². The number of nitrogens with one attached hydrogen (secondary N) is 1. The van der Waals surface area contributed by atoms with Crippen LogP contribution in [-0.2, 0) is 0 Å². The fourth-order valence-corrected chi connectivity index (χ4v) is 1.94. The maximum atomic E-state index is 8.98. The van der Waals surface area contributed by atoms with Crippen LogP contribution in [0.4, 0.5) is 0 Å². The van der Waals surface area contributed by atoms with Crippen molar-refractivity contribution in [2.45, 2.75) is 31.6 Å². The van der Waals surface area contributed by atoms with E-state index < -0.39 is 7.12 Å². The molecule has 0 saturated carbocycles. The summed E-state index contributed by atoms with van der Waals surface area (Å²) in [4.78, 5) is 0. The molecule has 1 aliphatic heterocycles. The number of rotatable bonds is 5. The molecule has 0 aromatic heterocycles. The summed E-state index contributed by atoms with van der Waals surface area (Å²) in [5.74, 6) is 0.503. The second-order valence-corrected chi connectivity index (χ2v) is 3.70. The molecule has 5 heteroatoms. The summed E-state index contributed by atoms with van der Waals surface area (Å²) in [7, 11) is -1.18. The second-order valence-electron chi connectivity index (χ2n) is 3.70. The smallest absolute Gasteiger partial charge is 0.427 e. The van der Waals surface area contributed by atoms with Crippen LogP contribution in [0.25, 0.3) is 0 Å². The molecule has 76 valence electrons. The van der Waals surface area contributed by atoms with Crippen molar-refractivity contribution in [3.8, 4) is 0 Å². The number of hydrogen-bond donors (Lipinski definition) is 4. The summed E-state index contributed by atoms with van der Waals surface area (Å²) in [6.45, 7) is 1.16. The molecule has 0 aromatic rings. The average molecular weight is 187 g/mol. The Morgan fingerprint density at radius 3 is 2.77 bits per heavy atom. The molecule has 0 radical (unpaired) electrons. The van der Waals surface area contributed by atoms with Crippen LogP contribution >= 0.6 is 0 Å². The summed E-state index contributed by atoms with van der Waals surface area (Å²) in [5.41, 5.74) is 0. The van der Waals surface area contributed by atoms with Crippen molar-refractivity contribution in [3.05, 3.63) is 0 Å². The molecule has 1 saturated heterocycles. The molecule has 1 heterocycles. The van der Waals surface area contributed by atoms with Gasteiger partial charge in [0.05, 0.1) is 6.61 Å². The van der Waals surface area contributed by atoms with E-state index in [1.807, 2.05) is 0 Å². The van der Waals surface area contributed by atoms with Gasteiger partial charge in [-0.1, -0.05) is 6.42 Å². The predicted octanol–water partition coefficient (Wildman–Crippen LogP) is -0.790. The second kappa shape index (κ2) is 5.60. The van der Waals surface area contributed by atoms with Crippen molar-refractivity contribution in [1.29, 1.82) is 0 Å². The van der Waals surface area contributed by atoms with E-state index in [9.17, 15) is 0 Å². The van der Waals surface area contributed by atoms with Gasteiger partial charge in [0, 0.05) is 6.04 Å². The third-order valence-corrected chi connectivity index (χ3v) is 2.72. The van der Waals surface area contributed by atoms with E-state index in [0.717, 1.165) is 25.8 Å². The van der Waals surface area contributed by atoms with Crippen LogP contribution in [0.1, 0.15) is 19.3 Å². The summed E-state index contributed by atoms with van der Waals surface area (Å²) < 4.78 is 0. The fraction of sp³-hybridized carbons (Fsp3) is 1.00. The van der Waals surface area contributed by atoms with Crippen molar-refractivity contribution in [2.24, 2.45) is 5.92 Å². The Balaban J connectivity index is 2.13. The number of hydrogen-bond acceptors (Lipinski definition) is 4. The molecule has 1 rings (SSSR count). The minimum Gasteiger partial charge on any atom is -0.427 e. The summed E-state index contributed by atoms with van der Waals surface area (Å²) >= 11 is 0. The first-order valence-electron chi connectivity index (χ1n) is 4.94. The zero-order valence-electron chi connectivity index (χ0n) is 7.82. The van der Waals surface area contributed by atoms with Gasteiger partial charge >= 0.3 is 7.12 Å². The van der Waals surface area contributed by atoms with Crippen molar-refractivity contribution >= 4 is 7.12 Å². The Hall–Kier alpha value is -0.0951. The van der Waals surface area contributed by atoms with Gasteiger partial charge in [-0.2, -0.15) is 0 Å². The van der Waals surface area contributed by atoms with Crippen LogP contribution in [0.3, 0.4) is 0 Å². The van der Waals surface area contributed by atoms with Crippen molar-refractivity contribution < 1.29 is 15.2 Å². The predicted molar refractivity (Wildman–Crippen MR) is 51.2 cm³/mol. The van der Waals surface area contributed by atoms with Gasteiger partial charge in [-0.05, 0) is 31.6 Å². The van der Waals surface area contributed by atoms with E-state index in [1.165, 1.54) is 0 Å². The molecular formula is C8H18BNO3. The molecule has 0 aliphatic carbocycles. The normalized spacial score (nSPS) is 27.9. The van der Waals surface area contributed by atoms with E-state index in [-0.39, 0.29) is 12.6 Å². The van der Waals surface area contributed by atoms with Gasteiger partial charge in [-0.25, -0.2) is 0 Å². The standard InChI is InChI=1S/C8H18BNO3/c11-6-8-7(3-5-10-8)2-1-4-9(12)13/h7-8,10-13H,1-6H2. The van der Waals surface area contributed by atoms with Crippen molar-refractivity contribution in [1.82, 2.24) is 5.32 Å². The lowest BCUT2D eigenvalue weighted by Gasteiger charge is -2.16. The van der Waals surface area contributed by atoms with Crippen LogP contribution in [-0.4, -0.2) is 41.5 Å². The van der Waals surface area contributed by atoms with E-state index >= 15 is 0 Å². The lowest BCUT2D eigenvalue weighted by Crippen LogP contribution is -2.30. The van der Waals surface area contributed by atoms with Crippen molar-refractivity contribution in [3.63, 3.8) is 0 Å². The molecule has 0 bridgehead atoms. The first kappa shape index (κ1) is 11.0. The largest absolute Gasteiger partial charge is 0.451 e. The molecule has 4 nitrogen and oxygen atoms in total. The Bertz CT molecular complexity index is 145. The quantitative estimate of drug-likeness (QED) is 0.425. The summed E-state index contributed by atoms with van der Waals surface area (Å²) in [6.07, 6.45) is 3.32. The maximum Gasteiger partial charge on any atom is 0.451 e. The lowest BCUT2D eigenvalue weighted by atomic mass is 9.81. The fourth-order valence-electron chi connectivity index (χ4n) is 1.94. The lowest BCUT2D eigenvalue weighted by molar-refractivity contribution is 0.222. The first-order valence-corrected chi connectivity index (χ1v) is 4.94. The molecule has 2 unspecified atom stereocenters. The number of aliphatic hydroxyl groups excluding tert-OH is 1. The highest BCUT2D eigenvalue weighted by Crippen LogP contribution is 2.21. The highest BCUT2D eigenvalue weighted by Gasteiger charge is 2.25. The van der Waals surface area contributed by atoms with Gasteiger partial charge < -0.3 is 20.5 Å². The van der Waals surface area contributed by atoms with Crippen LogP contribution in [0.2, 0.25) is 6.32 Å². The maximum absolute atomic E-state index is 8.98. The minimum absolute atomic E-state index is 0.187. The SMILES string of the molecule is OCC1NCCC1CCCB(O)O. The molecular weight excluding hydrogens is 169 g/mol. The Morgan fingerprint density at radius 1 is 1.38 bits per heavy atom. The Morgan fingerprint density at radius 2 is 2.15 bits per heavy atom. The third-order valence-electron chi connectivity index (χ3n) is 2.72. The zero-order chi connectivity index (χ0) is 9.68. The molecule has 2 atom stereocenters. The van der Waals surface area contributed by atoms with E-state index in [1.54, 1.807) is 0 Å². The summed E-state index contributed by atoms with van der Waals surface area (Å²) in [6, 6.07) is 0.218. The van der Waals surface area contributed by atoms with E-state index in [2.05, 4.69) is 5.32 Å². The molecule has 0 spiro atoms. The van der Waals surface area contributed by atoms with Gasteiger partial charge in [-0.3, -0.25) is 0 Å². The van der Waals surface area contributed by atoms with E-state index in [4.69, 9.17) is 15.2 Å². The van der Waals surface area contributed by atoms with Gasteiger partial charge in [0.2, 0.25) is 0 Å². The zero-order valence-corrected chi connectivity index (χ0v) is 7.82. The highest BCUT2D eigenvalue weighted by atomic mass is 16.4. The Labute approximate surface area is 79.1 Å². The molecule has 1 fully saturated rings. The van der Waals surface area contributed by atoms with E-state index in [0.29, 0.717) is 12.2 Å². The van der Waals surface area contributed by atoms with Crippen LogP contribution in [0.15, 0.2) is 0 Å². The molecule has 0 aromatic carbocycles. The Kier molecular flexibility index (Phi) is 4.73. The van der Waals surface area contributed by atoms with Crippen molar-refractivity contribution in [2.75, 3.05) is 13.2 Å². The third kappa shape index (κ3) is 3.64. The first-order chi connectivity index (χ1) is 6.24. The number of aliphatic hydroxyl groups is 1. The highest BCUT2D eigenvalue weighted by molar-refractivity contribution is 6.40. The summed E-state index contributed by atoms with van der Waals surface area (Å²) in [5, 5.41) is 29.5. The van der Waals surface area contributed by atoms with Crippen LogP contribution in [0.5, 0.6) is 0 Å². The monoisotopic (exact) mass is 187 g/mol. The average Bonchev–Trinajstić information content (AvgIpc) is 2.51. The molecule has 1 aliphatic rings. The molecule has 4 N–H and O–H groups in total. The van der Waals surface area contributed by atoms with Gasteiger partial charge in [0.1, 0.15) is 0 Å². The minimum atomic E-state index is -1.18. The van der Waals surface area contributed by atoms with Crippen LogP contribution in [0, 0.1) is 5.92 Å². The van der Waals surface area contributed by atoms with Gasteiger partial charge in [0.15, 0.2) is 0 Å². The topological polar surface area (TPSA) is 72.7 Å². The van der Waals surface area contributed by atoms with Gasteiger partial charge in [-0.15, -0.1) is 0 Å². The molecule has 13 heavy (non-hydrogen) atoms.